The molecule has 6 nitrogen and oxygen atoms in total. The van der Waals surface area contributed by atoms with E-state index in [9.17, 15) is 9.59 Å². The summed E-state index contributed by atoms with van der Waals surface area (Å²) in [6.45, 7) is 3.75. The first-order valence-electron chi connectivity index (χ1n) is 5.44. The molecule has 1 aromatic rings. The van der Waals surface area contributed by atoms with Crippen LogP contribution in [-0.2, 0) is 11.3 Å². The molecule has 1 heterocycles. The number of hydrogen-bond acceptors (Lipinski definition) is 4. The molecule has 0 saturated carbocycles. The molecule has 1 unspecified atom stereocenters. The summed E-state index contributed by atoms with van der Waals surface area (Å²) in [7, 11) is 3.10. The van der Waals surface area contributed by atoms with Gasteiger partial charge in [0, 0.05) is 19.5 Å². The molecule has 2 amide bonds. The van der Waals surface area contributed by atoms with Crippen molar-refractivity contribution in [3.05, 3.63) is 16.1 Å². The molecule has 100 valence electrons. The van der Waals surface area contributed by atoms with Crippen molar-refractivity contribution in [2.75, 3.05) is 14.1 Å². The van der Waals surface area contributed by atoms with Gasteiger partial charge < -0.3 is 14.9 Å². The fourth-order valence-electron chi connectivity index (χ4n) is 1.39. The number of likely N-dealkylation sites (N-methyl/N-ethyl adjacent to an activating group) is 1. The Balaban J connectivity index is 2.63. The number of carboxylic acids is 1. The lowest BCUT2D eigenvalue weighted by Gasteiger charge is -2.27. The van der Waals surface area contributed by atoms with E-state index < -0.39 is 12.0 Å². The number of thiazole rings is 1. The first-order chi connectivity index (χ1) is 8.32. The summed E-state index contributed by atoms with van der Waals surface area (Å²) in [4.78, 5) is 29.7. The van der Waals surface area contributed by atoms with Gasteiger partial charge in [-0.3, -0.25) is 0 Å². The zero-order valence-corrected chi connectivity index (χ0v) is 11.7. The molecule has 0 aliphatic carbocycles. The highest BCUT2D eigenvalue weighted by atomic mass is 32.1. The highest BCUT2D eigenvalue weighted by Crippen LogP contribution is 2.11. The monoisotopic (exact) mass is 271 g/mol. The minimum atomic E-state index is -1.02. The van der Waals surface area contributed by atoms with Crippen LogP contribution >= 0.6 is 11.3 Å². The van der Waals surface area contributed by atoms with E-state index in [-0.39, 0.29) is 6.03 Å². The second-order valence-corrected chi connectivity index (χ2v) is 5.18. The second-order valence-electron chi connectivity index (χ2n) is 4.12. The molecule has 0 saturated heterocycles. The Kier molecular flexibility index (Phi) is 4.66. The molecule has 0 aliphatic rings. The summed E-state index contributed by atoms with van der Waals surface area (Å²) in [6.07, 6.45) is 0. The van der Waals surface area contributed by atoms with Crippen LogP contribution in [0.25, 0.3) is 0 Å². The van der Waals surface area contributed by atoms with E-state index in [1.165, 1.54) is 35.1 Å². The van der Waals surface area contributed by atoms with Crippen LogP contribution in [0, 0.1) is 6.92 Å². The minimum Gasteiger partial charge on any atom is -0.480 e. The number of carboxylic acid groups (broad SMARTS) is 1. The van der Waals surface area contributed by atoms with Crippen LogP contribution in [0.4, 0.5) is 4.79 Å². The van der Waals surface area contributed by atoms with Gasteiger partial charge in [-0.15, -0.1) is 11.3 Å². The fraction of sp³-hybridized carbons (Fsp3) is 0.545. The van der Waals surface area contributed by atoms with Gasteiger partial charge in [-0.25, -0.2) is 14.6 Å². The van der Waals surface area contributed by atoms with Gasteiger partial charge in [0.1, 0.15) is 6.04 Å². The van der Waals surface area contributed by atoms with Gasteiger partial charge >= 0.3 is 12.0 Å². The van der Waals surface area contributed by atoms with Gasteiger partial charge in [-0.1, -0.05) is 0 Å². The van der Waals surface area contributed by atoms with Crippen LogP contribution in [0.5, 0.6) is 0 Å². The highest BCUT2D eigenvalue weighted by molar-refractivity contribution is 7.09. The number of urea groups is 1. The maximum absolute atomic E-state index is 12.0. The van der Waals surface area contributed by atoms with Crippen molar-refractivity contribution in [2.45, 2.75) is 26.4 Å². The van der Waals surface area contributed by atoms with Crippen molar-refractivity contribution in [3.8, 4) is 0 Å². The third-order valence-electron chi connectivity index (χ3n) is 2.63. The number of aliphatic carboxylic acids is 1. The molecule has 0 fully saturated rings. The zero-order valence-electron chi connectivity index (χ0n) is 10.9. The van der Waals surface area contributed by atoms with Crippen molar-refractivity contribution in [1.29, 1.82) is 0 Å². The summed E-state index contributed by atoms with van der Waals surface area (Å²) in [5.74, 6) is -1.02. The number of nitrogens with zero attached hydrogens (tertiary/aromatic N) is 3. The first kappa shape index (κ1) is 14.4. The van der Waals surface area contributed by atoms with Crippen LogP contribution in [0.3, 0.4) is 0 Å². The van der Waals surface area contributed by atoms with Crippen LogP contribution in [0.1, 0.15) is 17.6 Å². The van der Waals surface area contributed by atoms with Crippen LogP contribution < -0.4 is 0 Å². The smallest absolute Gasteiger partial charge is 0.326 e. The predicted molar refractivity (Wildman–Crippen MR) is 68.6 cm³/mol. The van der Waals surface area contributed by atoms with Crippen molar-refractivity contribution >= 4 is 23.3 Å². The van der Waals surface area contributed by atoms with Gasteiger partial charge in [0.15, 0.2) is 0 Å². The standard InChI is InChI=1S/C11H17N3O3S/c1-7(10(15)16)14(4)11(17)13(3)5-9-6-18-8(2)12-9/h6-7H,5H2,1-4H3,(H,15,16). The molecule has 1 aromatic heterocycles. The number of carbonyl (C=O) groups excluding carboxylic acids is 1. The average molecular weight is 271 g/mol. The van der Waals surface area contributed by atoms with E-state index in [0.717, 1.165) is 10.7 Å². The number of aryl methyl sites for hydroxylation is 1. The molecular weight excluding hydrogens is 254 g/mol. The lowest BCUT2D eigenvalue weighted by Crippen LogP contribution is -2.46. The average Bonchev–Trinajstić information content (AvgIpc) is 2.71. The maximum Gasteiger partial charge on any atom is 0.326 e. The Labute approximate surface area is 110 Å². The number of amides is 2. The molecule has 0 aromatic carbocycles. The number of hydrogen-bond donors (Lipinski definition) is 1. The zero-order chi connectivity index (χ0) is 13.9. The third-order valence-corrected chi connectivity index (χ3v) is 3.45. The summed E-state index contributed by atoms with van der Waals surface area (Å²) in [5.41, 5.74) is 0.810. The quantitative estimate of drug-likeness (QED) is 0.898. The predicted octanol–water partition coefficient (Wildman–Crippen LogP) is 1.41. The van der Waals surface area contributed by atoms with Gasteiger partial charge in [-0.2, -0.15) is 0 Å². The molecular formula is C11H17N3O3S. The van der Waals surface area contributed by atoms with Crippen molar-refractivity contribution in [1.82, 2.24) is 14.8 Å². The molecule has 1 N–H and O–H groups in total. The topological polar surface area (TPSA) is 73.7 Å². The van der Waals surface area contributed by atoms with E-state index in [1.807, 2.05) is 12.3 Å². The fourth-order valence-corrected chi connectivity index (χ4v) is 2.00. The Hall–Kier alpha value is -1.63. The highest BCUT2D eigenvalue weighted by Gasteiger charge is 2.24. The minimum absolute atomic E-state index is 0.337. The Morgan fingerprint density at radius 3 is 2.56 bits per heavy atom. The van der Waals surface area contributed by atoms with Crippen molar-refractivity contribution in [3.63, 3.8) is 0 Å². The molecule has 0 radical (unpaired) electrons. The van der Waals surface area contributed by atoms with Crippen molar-refractivity contribution < 1.29 is 14.7 Å². The molecule has 0 aliphatic heterocycles. The maximum atomic E-state index is 12.0. The lowest BCUT2D eigenvalue weighted by atomic mass is 10.3. The van der Waals surface area contributed by atoms with Crippen LogP contribution in [-0.4, -0.2) is 52.0 Å². The molecule has 0 bridgehead atoms. The molecule has 1 atom stereocenters. The van der Waals surface area contributed by atoms with E-state index in [0.29, 0.717) is 6.54 Å². The van der Waals surface area contributed by atoms with Gasteiger partial charge in [0.05, 0.1) is 17.2 Å². The molecule has 1 rings (SSSR count). The lowest BCUT2D eigenvalue weighted by molar-refractivity contribution is -0.141. The normalized spacial score (nSPS) is 12.0. The van der Waals surface area contributed by atoms with E-state index >= 15 is 0 Å². The SMILES string of the molecule is Cc1nc(CN(C)C(=O)N(C)C(C)C(=O)O)cs1. The van der Waals surface area contributed by atoms with E-state index in [2.05, 4.69) is 4.98 Å². The third kappa shape index (κ3) is 3.43. The van der Waals surface area contributed by atoms with Gasteiger partial charge in [0.25, 0.3) is 0 Å². The summed E-state index contributed by atoms with van der Waals surface area (Å²) in [6, 6.07) is -1.19. The Bertz CT molecular complexity index is 446. The summed E-state index contributed by atoms with van der Waals surface area (Å²) in [5, 5.41) is 11.7. The Morgan fingerprint density at radius 2 is 2.11 bits per heavy atom. The van der Waals surface area contributed by atoms with E-state index in [1.54, 1.807) is 7.05 Å². The summed E-state index contributed by atoms with van der Waals surface area (Å²) >= 11 is 1.52. The summed E-state index contributed by atoms with van der Waals surface area (Å²) < 4.78 is 0. The number of carbonyl (C=O) groups is 2. The molecule has 18 heavy (non-hydrogen) atoms. The Morgan fingerprint density at radius 1 is 1.50 bits per heavy atom. The van der Waals surface area contributed by atoms with Crippen LogP contribution in [0.15, 0.2) is 5.38 Å². The van der Waals surface area contributed by atoms with Gasteiger partial charge in [-0.05, 0) is 13.8 Å². The van der Waals surface area contributed by atoms with Crippen molar-refractivity contribution in [2.24, 2.45) is 0 Å². The number of rotatable bonds is 4. The van der Waals surface area contributed by atoms with E-state index in [4.69, 9.17) is 5.11 Å². The number of aromatic nitrogens is 1. The largest absolute Gasteiger partial charge is 0.480 e. The second kappa shape index (κ2) is 5.81. The molecule has 0 spiro atoms. The first-order valence-corrected chi connectivity index (χ1v) is 6.32. The van der Waals surface area contributed by atoms with Crippen LogP contribution in [0.2, 0.25) is 0 Å². The molecule has 7 heteroatoms. The van der Waals surface area contributed by atoms with Gasteiger partial charge in [0.2, 0.25) is 0 Å².